The average Bonchev–Trinajstić information content (AvgIpc) is 3.07. The molecule has 1 aliphatic heterocycles. The van der Waals surface area contributed by atoms with Gasteiger partial charge < -0.3 is 19.9 Å². The zero-order valence-electron chi connectivity index (χ0n) is 16.7. The number of nitrogens with one attached hydrogen (secondary N) is 1. The molecule has 3 rings (SSSR count). The molecule has 29 heavy (non-hydrogen) atoms. The van der Waals surface area contributed by atoms with Crippen LogP contribution in [0.2, 0.25) is 0 Å². The molecular formula is C20H27N5O3S. The molecule has 8 nitrogen and oxygen atoms in total. The van der Waals surface area contributed by atoms with Crippen LogP contribution in [0.5, 0.6) is 0 Å². The van der Waals surface area contributed by atoms with Gasteiger partial charge >= 0.3 is 6.09 Å². The number of nitrogens with zero attached hydrogens (tertiary/aromatic N) is 4. The second kappa shape index (κ2) is 9.71. The van der Waals surface area contributed by atoms with Crippen LogP contribution in [0.15, 0.2) is 40.7 Å². The largest absolute Gasteiger partial charge is 0.465 e. The van der Waals surface area contributed by atoms with Crippen molar-refractivity contribution in [3.63, 3.8) is 0 Å². The van der Waals surface area contributed by atoms with E-state index < -0.39 is 12.1 Å². The summed E-state index contributed by atoms with van der Waals surface area (Å²) < 4.78 is 2.09. The maximum absolute atomic E-state index is 13.0. The normalized spacial score (nSPS) is 16.6. The Morgan fingerprint density at radius 1 is 1.21 bits per heavy atom. The van der Waals surface area contributed by atoms with Crippen molar-refractivity contribution in [2.24, 2.45) is 12.0 Å². The van der Waals surface area contributed by atoms with Crippen LogP contribution in [0.3, 0.4) is 0 Å². The third-order valence-electron chi connectivity index (χ3n) is 5.16. The minimum absolute atomic E-state index is 0.163. The van der Waals surface area contributed by atoms with Crippen LogP contribution in [-0.2, 0) is 24.8 Å². The molecule has 1 saturated heterocycles. The molecule has 0 radical (unpaired) electrons. The third-order valence-corrected chi connectivity index (χ3v) is 6.21. The summed E-state index contributed by atoms with van der Waals surface area (Å²) in [7, 11) is 3.80. The van der Waals surface area contributed by atoms with Crippen LogP contribution in [0.25, 0.3) is 0 Å². The van der Waals surface area contributed by atoms with Gasteiger partial charge in [-0.15, -0.1) is 11.3 Å². The topological polar surface area (TPSA) is 90.2 Å². The summed E-state index contributed by atoms with van der Waals surface area (Å²) in [5.74, 6) is -0.163. The summed E-state index contributed by atoms with van der Waals surface area (Å²) in [6, 6.07) is 8.70. The fourth-order valence-corrected chi connectivity index (χ4v) is 4.38. The van der Waals surface area contributed by atoms with Gasteiger partial charge in [0.2, 0.25) is 5.91 Å². The minimum Gasteiger partial charge on any atom is -0.465 e. The second-order valence-electron chi connectivity index (χ2n) is 7.09. The average molecular weight is 418 g/mol. The van der Waals surface area contributed by atoms with Crippen LogP contribution >= 0.6 is 11.3 Å². The van der Waals surface area contributed by atoms with E-state index in [1.54, 1.807) is 23.3 Å². The molecule has 0 bridgehead atoms. The number of hydrogen-bond acceptors (Lipinski definition) is 5. The lowest BCUT2D eigenvalue weighted by atomic mass is 10.0. The van der Waals surface area contributed by atoms with Gasteiger partial charge in [-0.3, -0.25) is 14.7 Å². The van der Waals surface area contributed by atoms with Gasteiger partial charge in [-0.05, 0) is 5.56 Å². The number of benzene rings is 1. The quantitative estimate of drug-likeness (QED) is 0.738. The van der Waals surface area contributed by atoms with Gasteiger partial charge in [-0.25, -0.2) is 4.79 Å². The molecule has 2 N–H and O–H groups in total. The number of carbonyl (C=O) groups excluding carboxylic acids is 1. The number of hydrogen-bond donors (Lipinski definition) is 2. The van der Waals surface area contributed by atoms with E-state index >= 15 is 0 Å². The van der Waals surface area contributed by atoms with Crippen molar-refractivity contribution < 1.29 is 14.7 Å². The van der Waals surface area contributed by atoms with Gasteiger partial charge in [-0.1, -0.05) is 30.3 Å². The molecule has 9 heteroatoms. The van der Waals surface area contributed by atoms with Crippen LogP contribution < -0.4 is 10.1 Å². The molecule has 0 spiro atoms. The number of amides is 2. The van der Waals surface area contributed by atoms with Crippen LogP contribution in [0.4, 0.5) is 4.79 Å². The fraction of sp³-hybridized carbons (Fsp3) is 0.450. The lowest BCUT2D eigenvalue weighted by Crippen LogP contribution is -2.55. The van der Waals surface area contributed by atoms with Crippen molar-refractivity contribution in [2.45, 2.75) is 19.0 Å². The summed E-state index contributed by atoms with van der Waals surface area (Å²) in [5.41, 5.74) is 2.13. The summed E-state index contributed by atoms with van der Waals surface area (Å²) in [4.78, 5) is 33.5. The Kier molecular flexibility index (Phi) is 7.05. The van der Waals surface area contributed by atoms with E-state index in [-0.39, 0.29) is 5.91 Å². The molecule has 2 heterocycles. The van der Waals surface area contributed by atoms with Crippen molar-refractivity contribution >= 4 is 23.3 Å². The van der Waals surface area contributed by atoms with Gasteiger partial charge in [0, 0.05) is 64.3 Å². The molecule has 1 fully saturated rings. The number of piperazine rings is 1. The zero-order valence-corrected chi connectivity index (χ0v) is 17.6. The monoisotopic (exact) mass is 417 g/mol. The number of carbonyl (C=O) groups is 2. The molecule has 1 atom stereocenters. The summed E-state index contributed by atoms with van der Waals surface area (Å²) >= 11 is 1.62. The molecule has 0 saturated carbocycles. The lowest BCUT2D eigenvalue weighted by Gasteiger charge is -2.36. The third kappa shape index (κ3) is 5.45. The van der Waals surface area contributed by atoms with Gasteiger partial charge in [0.25, 0.3) is 0 Å². The van der Waals surface area contributed by atoms with Gasteiger partial charge in [0.1, 0.15) is 6.04 Å². The van der Waals surface area contributed by atoms with Crippen LogP contribution in [0.1, 0.15) is 11.3 Å². The number of carboxylic acid groups (broad SMARTS) is 1. The number of aromatic nitrogens is 1. The van der Waals surface area contributed by atoms with Gasteiger partial charge in [0.05, 0.1) is 0 Å². The second-order valence-corrected chi connectivity index (χ2v) is 7.92. The van der Waals surface area contributed by atoms with Crippen molar-refractivity contribution in [1.82, 2.24) is 19.7 Å². The fourth-order valence-electron chi connectivity index (χ4n) is 3.52. The maximum Gasteiger partial charge on any atom is 0.405 e. The predicted molar refractivity (Wildman–Crippen MR) is 112 cm³/mol. The lowest BCUT2D eigenvalue weighted by molar-refractivity contribution is -0.135. The smallest absolute Gasteiger partial charge is 0.405 e. The van der Waals surface area contributed by atoms with E-state index in [0.29, 0.717) is 19.5 Å². The van der Waals surface area contributed by atoms with Gasteiger partial charge in [0.15, 0.2) is 4.80 Å². The Morgan fingerprint density at radius 2 is 1.90 bits per heavy atom. The highest BCUT2D eigenvalue weighted by molar-refractivity contribution is 7.07. The Labute approximate surface area is 174 Å². The highest BCUT2D eigenvalue weighted by Crippen LogP contribution is 2.12. The molecular weight excluding hydrogens is 390 g/mol. The van der Waals surface area contributed by atoms with E-state index in [4.69, 9.17) is 5.11 Å². The van der Waals surface area contributed by atoms with E-state index in [0.717, 1.165) is 30.0 Å². The summed E-state index contributed by atoms with van der Waals surface area (Å²) in [6.07, 6.45) is -0.833. The molecule has 2 aromatic rings. The van der Waals surface area contributed by atoms with Crippen LogP contribution in [0, 0.1) is 0 Å². The van der Waals surface area contributed by atoms with Crippen LogP contribution in [-0.4, -0.2) is 70.7 Å². The standard InChI is InChI=1S/C20H27N5O3S/c1-21-19-23(2)16(14-29-19)13-24-8-10-25(11-9-24)18(26)17(22-20(27)28)12-15-6-4-3-5-7-15/h3-7,14,17,22H,8-13H2,1-2H3,(H,27,28)/t17-/m1/s1. The van der Waals surface area contributed by atoms with Crippen molar-refractivity contribution in [3.8, 4) is 0 Å². The van der Waals surface area contributed by atoms with E-state index in [1.165, 1.54) is 5.69 Å². The Hall–Kier alpha value is -2.65. The Balaban J connectivity index is 1.59. The number of thiazole rings is 1. The van der Waals surface area contributed by atoms with E-state index in [9.17, 15) is 9.59 Å². The molecule has 1 aromatic heterocycles. The SMILES string of the molecule is CN=c1scc(CN2CCN(C(=O)[C@@H](Cc3ccccc3)NC(=O)O)CC2)n1C. The van der Waals surface area contributed by atoms with Gasteiger partial charge in [-0.2, -0.15) is 0 Å². The highest BCUT2D eigenvalue weighted by Gasteiger charge is 2.29. The van der Waals surface area contributed by atoms with Crippen molar-refractivity contribution in [1.29, 1.82) is 0 Å². The Morgan fingerprint density at radius 3 is 2.48 bits per heavy atom. The molecule has 2 amide bonds. The van der Waals surface area contributed by atoms with E-state index in [1.807, 2.05) is 37.4 Å². The highest BCUT2D eigenvalue weighted by atomic mass is 32.1. The first-order valence-electron chi connectivity index (χ1n) is 9.58. The first-order valence-corrected chi connectivity index (χ1v) is 10.5. The molecule has 0 unspecified atom stereocenters. The first kappa shape index (κ1) is 21.1. The molecule has 1 aromatic carbocycles. The van der Waals surface area contributed by atoms with E-state index in [2.05, 4.69) is 25.2 Å². The van der Waals surface area contributed by atoms with Crippen molar-refractivity contribution in [2.75, 3.05) is 33.2 Å². The summed E-state index contributed by atoms with van der Waals surface area (Å²) in [6.45, 7) is 3.50. The first-order chi connectivity index (χ1) is 14.0. The number of rotatable bonds is 6. The molecule has 1 aliphatic rings. The summed E-state index contributed by atoms with van der Waals surface area (Å²) in [5, 5.41) is 13.7. The maximum atomic E-state index is 13.0. The molecule has 156 valence electrons. The minimum atomic E-state index is -1.18. The Bertz CT molecular complexity index is 900. The zero-order chi connectivity index (χ0) is 20.8. The van der Waals surface area contributed by atoms with Crippen molar-refractivity contribution in [3.05, 3.63) is 51.8 Å². The predicted octanol–water partition coefficient (Wildman–Crippen LogP) is 1.14. The molecule has 0 aliphatic carbocycles.